The monoisotopic (exact) mass is 370 g/mol. The lowest BCUT2D eigenvalue weighted by Gasteiger charge is -2.29. The van der Waals surface area contributed by atoms with Crippen LogP contribution in [0.2, 0.25) is 0 Å². The zero-order valence-corrected chi connectivity index (χ0v) is 15.8. The van der Waals surface area contributed by atoms with Crippen molar-refractivity contribution in [3.05, 3.63) is 95.6 Å². The number of anilines is 2. The Labute approximate surface area is 165 Å². The van der Waals surface area contributed by atoms with Crippen LogP contribution >= 0.6 is 0 Å². The van der Waals surface area contributed by atoms with Gasteiger partial charge in [-0.25, -0.2) is 0 Å². The molecule has 0 radical (unpaired) electrons. The van der Waals surface area contributed by atoms with Crippen LogP contribution in [0.1, 0.15) is 32.7 Å². The minimum absolute atomic E-state index is 0.0656. The van der Waals surface area contributed by atoms with Crippen LogP contribution in [0.25, 0.3) is 0 Å². The molecule has 0 unspecified atom stereocenters. The zero-order chi connectivity index (χ0) is 19.5. The second-order valence-corrected chi connectivity index (χ2v) is 6.97. The van der Waals surface area contributed by atoms with Crippen molar-refractivity contribution in [2.24, 2.45) is 0 Å². The summed E-state index contributed by atoms with van der Waals surface area (Å²) in [7, 11) is 1.74. The first-order chi connectivity index (χ1) is 13.6. The number of rotatable bonds is 3. The van der Waals surface area contributed by atoms with Crippen molar-refractivity contribution >= 4 is 23.2 Å². The third kappa shape index (κ3) is 3.41. The number of amides is 2. The first-order valence-electron chi connectivity index (χ1n) is 9.48. The standard InChI is InChI=1S/C24H22N2O2/c1-25(21-13-3-2-4-14-21)23(27)19-10-7-11-20(17-19)24(28)26-16-8-12-18-9-5-6-15-22(18)26/h2-7,9-11,13-15,17H,8,12,16H2,1H3. The molecule has 2 amide bonds. The summed E-state index contributed by atoms with van der Waals surface area (Å²) in [6.07, 6.45) is 1.93. The van der Waals surface area contributed by atoms with E-state index in [1.165, 1.54) is 5.56 Å². The second-order valence-electron chi connectivity index (χ2n) is 6.97. The summed E-state index contributed by atoms with van der Waals surface area (Å²) in [6.45, 7) is 0.692. The average Bonchev–Trinajstić information content (AvgIpc) is 2.78. The highest BCUT2D eigenvalue weighted by Gasteiger charge is 2.24. The van der Waals surface area contributed by atoms with Gasteiger partial charge in [-0.15, -0.1) is 0 Å². The van der Waals surface area contributed by atoms with Gasteiger partial charge >= 0.3 is 0 Å². The molecule has 0 atom stereocenters. The predicted octanol–water partition coefficient (Wildman–Crippen LogP) is 4.56. The summed E-state index contributed by atoms with van der Waals surface area (Å²) in [4.78, 5) is 29.5. The highest BCUT2D eigenvalue weighted by atomic mass is 16.2. The largest absolute Gasteiger partial charge is 0.311 e. The van der Waals surface area contributed by atoms with Crippen LogP contribution in [-0.2, 0) is 6.42 Å². The van der Waals surface area contributed by atoms with E-state index in [2.05, 4.69) is 6.07 Å². The van der Waals surface area contributed by atoms with E-state index in [0.29, 0.717) is 17.7 Å². The molecule has 140 valence electrons. The number of carbonyl (C=O) groups is 2. The maximum atomic E-state index is 13.2. The molecule has 1 heterocycles. The summed E-state index contributed by atoms with van der Waals surface area (Å²) in [6, 6.07) is 24.5. The molecule has 0 aliphatic carbocycles. The van der Waals surface area contributed by atoms with Gasteiger partial charge < -0.3 is 9.80 Å². The fourth-order valence-corrected chi connectivity index (χ4v) is 3.65. The summed E-state index contributed by atoms with van der Waals surface area (Å²) < 4.78 is 0. The number of hydrogen-bond acceptors (Lipinski definition) is 2. The van der Waals surface area contributed by atoms with Gasteiger partial charge in [-0.2, -0.15) is 0 Å². The first-order valence-corrected chi connectivity index (χ1v) is 9.48. The number of benzene rings is 3. The molecule has 4 nitrogen and oxygen atoms in total. The Hall–Kier alpha value is -3.40. The fraction of sp³-hybridized carbons (Fsp3) is 0.167. The van der Waals surface area contributed by atoms with Gasteiger partial charge in [-0.3, -0.25) is 9.59 Å². The number of nitrogens with zero attached hydrogens (tertiary/aromatic N) is 2. The third-order valence-electron chi connectivity index (χ3n) is 5.16. The molecule has 3 aromatic carbocycles. The van der Waals surface area contributed by atoms with Crippen molar-refractivity contribution in [1.29, 1.82) is 0 Å². The number of aryl methyl sites for hydroxylation is 1. The van der Waals surface area contributed by atoms with E-state index in [1.54, 1.807) is 36.2 Å². The molecule has 3 aromatic rings. The van der Waals surface area contributed by atoms with Gasteiger partial charge in [-0.05, 0) is 54.8 Å². The van der Waals surface area contributed by atoms with Gasteiger partial charge in [0, 0.05) is 36.1 Å². The van der Waals surface area contributed by atoms with Crippen molar-refractivity contribution in [2.75, 3.05) is 23.4 Å². The molecule has 0 fully saturated rings. The number of carbonyl (C=O) groups excluding carboxylic acids is 2. The van der Waals surface area contributed by atoms with Crippen molar-refractivity contribution in [1.82, 2.24) is 0 Å². The van der Waals surface area contributed by atoms with Gasteiger partial charge in [0.2, 0.25) is 0 Å². The number of fused-ring (bicyclic) bond motifs is 1. The van der Waals surface area contributed by atoms with E-state index in [0.717, 1.165) is 24.2 Å². The van der Waals surface area contributed by atoms with Crippen LogP contribution in [0.3, 0.4) is 0 Å². The van der Waals surface area contributed by atoms with Gasteiger partial charge in [0.25, 0.3) is 11.8 Å². The maximum absolute atomic E-state index is 13.2. The van der Waals surface area contributed by atoms with Crippen LogP contribution in [-0.4, -0.2) is 25.4 Å². The molecular formula is C24H22N2O2. The molecule has 0 N–H and O–H groups in total. The Bertz CT molecular complexity index is 1010. The SMILES string of the molecule is CN(C(=O)c1cccc(C(=O)N2CCCc3ccccc32)c1)c1ccccc1. The molecule has 0 bridgehead atoms. The van der Waals surface area contributed by atoms with Gasteiger partial charge in [0.05, 0.1) is 0 Å². The fourth-order valence-electron chi connectivity index (χ4n) is 3.65. The molecule has 0 saturated heterocycles. The van der Waals surface area contributed by atoms with E-state index in [4.69, 9.17) is 0 Å². The second kappa shape index (κ2) is 7.69. The highest BCUT2D eigenvalue weighted by Crippen LogP contribution is 2.28. The Balaban J connectivity index is 1.61. The molecule has 1 aliphatic rings. The van der Waals surface area contributed by atoms with Crippen molar-refractivity contribution in [2.45, 2.75) is 12.8 Å². The maximum Gasteiger partial charge on any atom is 0.258 e. The Morgan fingerprint density at radius 3 is 2.39 bits per heavy atom. The van der Waals surface area contributed by atoms with Crippen LogP contribution in [0.5, 0.6) is 0 Å². The van der Waals surface area contributed by atoms with Crippen LogP contribution in [0.4, 0.5) is 11.4 Å². The summed E-state index contributed by atoms with van der Waals surface area (Å²) >= 11 is 0. The lowest BCUT2D eigenvalue weighted by atomic mass is 10.0. The Kier molecular flexibility index (Phi) is 4.94. The average molecular weight is 370 g/mol. The third-order valence-corrected chi connectivity index (χ3v) is 5.16. The molecule has 0 aromatic heterocycles. The molecular weight excluding hydrogens is 348 g/mol. The van der Waals surface area contributed by atoms with Crippen molar-refractivity contribution < 1.29 is 9.59 Å². The lowest BCUT2D eigenvalue weighted by Crippen LogP contribution is -2.35. The van der Waals surface area contributed by atoms with E-state index < -0.39 is 0 Å². The van der Waals surface area contributed by atoms with Gasteiger partial charge in [0.1, 0.15) is 0 Å². The molecule has 1 aliphatic heterocycles. The normalized spacial score (nSPS) is 13.0. The van der Waals surface area contributed by atoms with E-state index >= 15 is 0 Å². The van der Waals surface area contributed by atoms with E-state index in [-0.39, 0.29) is 11.8 Å². The Morgan fingerprint density at radius 1 is 0.857 bits per heavy atom. The van der Waals surface area contributed by atoms with Crippen LogP contribution in [0.15, 0.2) is 78.9 Å². The summed E-state index contributed by atoms with van der Waals surface area (Å²) in [5.74, 6) is -0.205. The lowest BCUT2D eigenvalue weighted by molar-refractivity contribution is 0.0985. The molecule has 4 rings (SSSR count). The summed E-state index contributed by atoms with van der Waals surface area (Å²) in [5.41, 5.74) is 4.01. The van der Waals surface area contributed by atoms with Gasteiger partial charge in [-0.1, -0.05) is 42.5 Å². The molecule has 4 heteroatoms. The summed E-state index contributed by atoms with van der Waals surface area (Å²) in [5, 5.41) is 0. The molecule has 0 spiro atoms. The smallest absolute Gasteiger partial charge is 0.258 e. The zero-order valence-electron chi connectivity index (χ0n) is 15.8. The Morgan fingerprint density at radius 2 is 1.57 bits per heavy atom. The highest BCUT2D eigenvalue weighted by molar-refractivity contribution is 6.10. The van der Waals surface area contributed by atoms with E-state index in [1.807, 2.05) is 53.4 Å². The predicted molar refractivity (Wildman–Crippen MR) is 112 cm³/mol. The topological polar surface area (TPSA) is 40.6 Å². The number of para-hydroxylation sites is 2. The van der Waals surface area contributed by atoms with Crippen molar-refractivity contribution in [3.8, 4) is 0 Å². The van der Waals surface area contributed by atoms with Crippen LogP contribution in [0, 0.1) is 0 Å². The van der Waals surface area contributed by atoms with Crippen LogP contribution < -0.4 is 9.80 Å². The number of hydrogen-bond donors (Lipinski definition) is 0. The minimum Gasteiger partial charge on any atom is -0.311 e. The van der Waals surface area contributed by atoms with E-state index in [9.17, 15) is 9.59 Å². The van der Waals surface area contributed by atoms with Gasteiger partial charge in [0.15, 0.2) is 0 Å². The molecule has 0 saturated carbocycles. The molecule has 28 heavy (non-hydrogen) atoms. The minimum atomic E-state index is -0.139. The van der Waals surface area contributed by atoms with Crippen molar-refractivity contribution in [3.63, 3.8) is 0 Å². The first kappa shape index (κ1) is 18.0. The quantitative estimate of drug-likeness (QED) is 0.678.